The number of esters is 1. The number of carbonyl (C=O) groups is 2. The Labute approximate surface area is 237 Å². The van der Waals surface area contributed by atoms with E-state index in [1.54, 1.807) is 37.6 Å². The van der Waals surface area contributed by atoms with Crippen molar-refractivity contribution < 1.29 is 19.1 Å². The summed E-state index contributed by atoms with van der Waals surface area (Å²) in [6.45, 7) is 0.352. The molecule has 2 atom stereocenters. The second-order valence-corrected chi connectivity index (χ2v) is 9.52. The van der Waals surface area contributed by atoms with Gasteiger partial charge in [0.2, 0.25) is 5.91 Å². The van der Waals surface area contributed by atoms with E-state index in [9.17, 15) is 9.59 Å². The fraction of sp³-hybridized carbons (Fsp3) is 0.200. The molecule has 0 saturated carbocycles. The number of carbonyl (C=O) groups excluding carboxylic acids is 2. The molecule has 4 aromatic rings. The monoisotopic (exact) mass is 555 g/mol. The SMILES string of the molecule is COC(=O)c1ccccc1-n1cccc1[C@H]1[C@H](c2ccccn2)NC(=S)N1CCC(=O)Nc1ccccc1OC. The Morgan fingerprint density at radius 1 is 1.00 bits per heavy atom. The highest BCUT2D eigenvalue weighted by atomic mass is 32.1. The first-order chi connectivity index (χ1) is 19.5. The number of hydrogen-bond donors (Lipinski definition) is 2. The molecule has 10 heteroatoms. The summed E-state index contributed by atoms with van der Waals surface area (Å²) in [6, 6.07) is 23.6. The molecule has 2 aromatic heterocycles. The molecule has 9 nitrogen and oxygen atoms in total. The maximum absolute atomic E-state index is 13.0. The lowest BCUT2D eigenvalue weighted by Gasteiger charge is -2.29. The molecule has 0 unspecified atom stereocenters. The molecule has 204 valence electrons. The summed E-state index contributed by atoms with van der Waals surface area (Å²) in [6.07, 6.45) is 3.83. The van der Waals surface area contributed by atoms with E-state index in [0.29, 0.717) is 34.3 Å². The number of para-hydroxylation sites is 3. The zero-order valence-corrected chi connectivity index (χ0v) is 22.9. The quantitative estimate of drug-likeness (QED) is 0.227. The van der Waals surface area contributed by atoms with Gasteiger partial charge in [0.25, 0.3) is 0 Å². The molecular weight excluding hydrogens is 526 g/mol. The standard InChI is InChI=1S/C30H29N5O4S/c1-38-25-15-6-4-11-21(25)32-26(36)16-19-35-28(27(33-30(35)40)22-12-7-8-17-31-22)24-14-9-18-34(24)23-13-5-3-10-20(23)29(37)39-2/h3-15,17-18,27-28H,16,19H2,1-2H3,(H,32,36)(H,33,40)/t27-,28-/m0/s1. The van der Waals surface area contributed by atoms with Gasteiger partial charge in [-0.05, 0) is 60.7 Å². The summed E-state index contributed by atoms with van der Waals surface area (Å²) in [7, 11) is 2.93. The van der Waals surface area contributed by atoms with Gasteiger partial charge in [0.05, 0.1) is 48.9 Å². The average Bonchev–Trinajstić information content (AvgIpc) is 3.60. The number of rotatable bonds is 9. The Kier molecular flexibility index (Phi) is 8.07. The Morgan fingerprint density at radius 3 is 2.55 bits per heavy atom. The molecule has 0 radical (unpaired) electrons. The highest BCUT2D eigenvalue weighted by Gasteiger charge is 2.41. The van der Waals surface area contributed by atoms with Crippen LogP contribution >= 0.6 is 12.2 Å². The minimum absolute atomic E-state index is 0.168. The van der Waals surface area contributed by atoms with Crippen molar-refractivity contribution in [2.45, 2.75) is 18.5 Å². The lowest BCUT2D eigenvalue weighted by atomic mass is 10.0. The first-order valence-electron chi connectivity index (χ1n) is 12.8. The zero-order valence-electron chi connectivity index (χ0n) is 22.1. The summed E-state index contributed by atoms with van der Waals surface area (Å²) >= 11 is 5.79. The molecule has 5 rings (SSSR count). The van der Waals surface area contributed by atoms with Crippen LogP contribution in [0.4, 0.5) is 5.69 Å². The topological polar surface area (TPSA) is 97.7 Å². The number of thiocarbonyl (C=S) groups is 1. The largest absolute Gasteiger partial charge is 0.495 e. The van der Waals surface area contributed by atoms with E-state index in [-0.39, 0.29) is 24.4 Å². The van der Waals surface area contributed by atoms with Crippen LogP contribution in [0.5, 0.6) is 5.75 Å². The fourth-order valence-corrected chi connectivity index (χ4v) is 5.30. The Bertz CT molecular complexity index is 1520. The van der Waals surface area contributed by atoms with Crippen molar-refractivity contribution in [3.05, 3.63) is 108 Å². The van der Waals surface area contributed by atoms with E-state index < -0.39 is 5.97 Å². The van der Waals surface area contributed by atoms with Crippen molar-refractivity contribution in [2.75, 3.05) is 26.1 Å². The smallest absolute Gasteiger partial charge is 0.339 e. The molecule has 40 heavy (non-hydrogen) atoms. The summed E-state index contributed by atoms with van der Waals surface area (Å²) in [5, 5.41) is 6.86. The number of nitrogens with zero attached hydrogens (tertiary/aromatic N) is 3. The van der Waals surface area contributed by atoms with E-state index in [4.69, 9.17) is 21.7 Å². The van der Waals surface area contributed by atoms with Gasteiger partial charge in [0.15, 0.2) is 5.11 Å². The highest BCUT2D eigenvalue weighted by Crippen LogP contribution is 2.40. The van der Waals surface area contributed by atoms with Gasteiger partial charge >= 0.3 is 5.97 Å². The van der Waals surface area contributed by atoms with Crippen LogP contribution < -0.4 is 15.4 Å². The molecule has 2 N–H and O–H groups in total. The molecule has 1 aliphatic heterocycles. The van der Waals surface area contributed by atoms with Crippen LogP contribution in [0, 0.1) is 0 Å². The third-order valence-electron chi connectivity index (χ3n) is 6.81. The number of pyridine rings is 1. The second kappa shape index (κ2) is 12.0. The van der Waals surface area contributed by atoms with Gasteiger partial charge < -0.3 is 29.6 Å². The first-order valence-corrected chi connectivity index (χ1v) is 13.2. The molecule has 2 aromatic carbocycles. The predicted octanol–water partition coefficient (Wildman–Crippen LogP) is 4.67. The molecule has 0 bridgehead atoms. The molecule has 0 spiro atoms. The second-order valence-electron chi connectivity index (χ2n) is 9.13. The fourth-order valence-electron chi connectivity index (χ4n) is 4.97. The van der Waals surface area contributed by atoms with Crippen molar-refractivity contribution in [1.29, 1.82) is 0 Å². The van der Waals surface area contributed by atoms with E-state index in [2.05, 4.69) is 15.6 Å². The van der Waals surface area contributed by atoms with Gasteiger partial charge in [-0.3, -0.25) is 9.78 Å². The maximum Gasteiger partial charge on any atom is 0.339 e. The first kappa shape index (κ1) is 26.9. The third kappa shape index (κ3) is 5.39. The predicted molar refractivity (Wildman–Crippen MR) is 156 cm³/mol. The van der Waals surface area contributed by atoms with Gasteiger partial charge in [-0.1, -0.05) is 30.3 Å². The van der Waals surface area contributed by atoms with Crippen LogP contribution in [0.1, 0.15) is 40.3 Å². The Balaban J connectivity index is 1.48. The summed E-state index contributed by atoms with van der Waals surface area (Å²) in [5.41, 5.74) is 3.41. The Morgan fingerprint density at radius 2 is 1.77 bits per heavy atom. The van der Waals surface area contributed by atoms with Crippen molar-refractivity contribution >= 4 is 34.9 Å². The molecule has 1 saturated heterocycles. The van der Waals surface area contributed by atoms with E-state index in [1.165, 1.54) is 7.11 Å². The summed E-state index contributed by atoms with van der Waals surface area (Å²) in [4.78, 5) is 32.2. The van der Waals surface area contributed by atoms with Gasteiger partial charge in [-0.2, -0.15) is 0 Å². The van der Waals surface area contributed by atoms with Gasteiger partial charge in [0, 0.05) is 31.1 Å². The number of aromatic nitrogens is 2. The lowest BCUT2D eigenvalue weighted by Crippen LogP contribution is -2.33. The number of methoxy groups -OCH3 is 2. The van der Waals surface area contributed by atoms with E-state index in [0.717, 1.165) is 11.4 Å². The van der Waals surface area contributed by atoms with Gasteiger partial charge in [0.1, 0.15) is 5.75 Å². The molecule has 1 fully saturated rings. The van der Waals surface area contributed by atoms with Crippen molar-refractivity contribution in [1.82, 2.24) is 19.8 Å². The maximum atomic E-state index is 13.0. The minimum atomic E-state index is -0.429. The number of ether oxygens (including phenoxy) is 2. The van der Waals surface area contributed by atoms with Crippen molar-refractivity contribution in [3.63, 3.8) is 0 Å². The third-order valence-corrected chi connectivity index (χ3v) is 7.16. The van der Waals surface area contributed by atoms with Crippen molar-refractivity contribution in [2.24, 2.45) is 0 Å². The Hall–Kier alpha value is -4.70. The van der Waals surface area contributed by atoms with Gasteiger partial charge in [-0.15, -0.1) is 0 Å². The summed E-state index contributed by atoms with van der Waals surface area (Å²) in [5.74, 6) is -0.00961. The van der Waals surface area contributed by atoms with Crippen LogP contribution in [-0.4, -0.2) is 52.2 Å². The van der Waals surface area contributed by atoms with Crippen LogP contribution in [0.2, 0.25) is 0 Å². The number of benzene rings is 2. The van der Waals surface area contributed by atoms with E-state index >= 15 is 0 Å². The minimum Gasteiger partial charge on any atom is -0.495 e. The average molecular weight is 556 g/mol. The summed E-state index contributed by atoms with van der Waals surface area (Å²) < 4.78 is 12.4. The zero-order chi connectivity index (χ0) is 28.1. The lowest BCUT2D eigenvalue weighted by molar-refractivity contribution is -0.116. The number of anilines is 1. The van der Waals surface area contributed by atoms with Crippen LogP contribution in [-0.2, 0) is 9.53 Å². The normalized spacial score (nSPS) is 16.4. The van der Waals surface area contributed by atoms with Crippen LogP contribution in [0.3, 0.4) is 0 Å². The van der Waals surface area contributed by atoms with Crippen LogP contribution in [0.25, 0.3) is 5.69 Å². The highest BCUT2D eigenvalue weighted by molar-refractivity contribution is 7.80. The number of amides is 1. The molecule has 1 amide bonds. The molecule has 3 heterocycles. The number of hydrogen-bond acceptors (Lipinski definition) is 6. The molecular formula is C30H29N5O4S. The van der Waals surface area contributed by atoms with E-state index in [1.807, 2.05) is 70.3 Å². The molecule has 0 aliphatic carbocycles. The molecule has 1 aliphatic rings. The number of nitrogens with one attached hydrogen (secondary N) is 2. The van der Waals surface area contributed by atoms with Gasteiger partial charge in [-0.25, -0.2) is 4.79 Å². The van der Waals surface area contributed by atoms with Crippen molar-refractivity contribution in [3.8, 4) is 11.4 Å². The van der Waals surface area contributed by atoms with Crippen LogP contribution in [0.15, 0.2) is 91.3 Å².